The molecule has 146 valence electrons. The number of carbonyl (C=O) groups is 1. The van der Waals surface area contributed by atoms with Crippen molar-refractivity contribution >= 4 is 32.6 Å². The number of phenolic OH excluding ortho intramolecular Hbond substituents is 1. The van der Waals surface area contributed by atoms with Gasteiger partial charge in [0.05, 0.1) is 10.6 Å². The van der Waals surface area contributed by atoms with Gasteiger partial charge in [0, 0.05) is 18.5 Å². The van der Waals surface area contributed by atoms with Gasteiger partial charge in [-0.2, -0.15) is 4.31 Å². The van der Waals surface area contributed by atoms with Gasteiger partial charge in [0.15, 0.2) is 5.76 Å². The number of sulfonamides is 1. The summed E-state index contributed by atoms with van der Waals surface area (Å²) in [5.41, 5.74) is 1.63. The first kappa shape index (κ1) is 18.5. The molecule has 0 radical (unpaired) electrons. The molecule has 28 heavy (non-hydrogen) atoms. The summed E-state index contributed by atoms with van der Waals surface area (Å²) in [6, 6.07) is 11.0. The third kappa shape index (κ3) is 3.36. The molecular weight excluding hydrogens is 380 g/mol. The van der Waals surface area contributed by atoms with Gasteiger partial charge in [-0.15, -0.1) is 0 Å². The maximum atomic E-state index is 12.7. The summed E-state index contributed by atoms with van der Waals surface area (Å²) in [5.74, 6) is -0.714. The molecule has 0 spiro atoms. The van der Waals surface area contributed by atoms with Crippen LogP contribution in [0.1, 0.15) is 29.0 Å². The Morgan fingerprint density at radius 3 is 2.61 bits per heavy atom. The molecule has 0 unspecified atom stereocenters. The Hall–Kier alpha value is -2.84. The van der Waals surface area contributed by atoms with Crippen LogP contribution in [0.3, 0.4) is 0 Å². The topological polar surface area (TPSA) is 99.8 Å². The number of aryl methyl sites for hydroxylation is 1. The summed E-state index contributed by atoms with van der Waals surface area (Å²) >= 11 is 0. The van der Waals surface area contributed by atoms with Crippen LogP contribution in [0, 0.1) is 6.92 Å². The van der Waals surface area contributed by atoms with Gasteiger partial charge in [0.2, 0.25) is 10.0 Å². The molecule has 7 nitrogen and oxygen atoms in total. The van der Waals surface area contributed by atoms with Crippen molar-refractivity contribution in [2.45, 2.75) is 24.7 Å². The average Bonchev–Trinajstić information content (AvgIpc) is 3.32. The first-order valence-corrected chi connectivity index (χ1v) is 10.4. The number of nitrogens with zero attached hydrogens (tertiary/aromatic N) is 1. The SMILES string of the molecule is Cc1ccc2oc(C(=O)Nc3cc(S(=O)(=O)N4CCCC4)ccc3O)cc2c1. The molecule has 0 atom stereocenters. The molecule has 2 aromatic carbocycles. The smallest absolute Gasteiger partial charge is 0.291 e. The Kier molecular flexibility index (Phi) is 4.60. The van der Waals surface area contributed by atoms with Crippen LogP contribution in [-0.4, -0.2) is 36.8 Å². The van der Waals surface area contributed by atoms with E-state index in [1.54, 1.807) is 12.1 Å². The molecule has 8 heteroatoms. The molecule has 3 aromatic rings. The summed E-state index contributed by atoms with van der Waals surface area (Å²) in [7, 11) is -3.66. The molecule has 1 aromatic heterocycles. The zero-order valence-electron chi connectivity index (χ0n) is 15.3. The number of amides is 1. The van der Waals surface area contributed by atoms with E-state index in [2.05, 4.69) is 5.32 Å². The van der Waals surface area contributed by atoms with Crippen molar-refractivity contribution in [3.8, 4) is 5.75 Å². The third-order valence-electron chi connectivity index (χ3n) is 4.81. The van der Waals surface area contributed by atoms with Crippen LogP contribution in [0.15, 0.2) is 51.8 Å². The zero-order valence-corrected chi connectivity index (χ0v) is 16.1. The number of benzene rings is 2. The molecule has 1 aliphatic heterocycles. The number of anilines is 1. The van der Waals surface area contributed by atoms with Crippen molar-refractivity contribution in [2.75, 3.05) is 18.4 Å². The second-order valence-electron chi connectivity index (χ2n) is 6.90. The normalized spacial score (nSPS) is 15.2. The van der Waals surface area contributed by atoms with E-state index < -0.39 is 15.9 Å². The van der Waals surface area contributed by atoms with Crippen LogP contribution < -0.4 is 5.32 Å². The van der Waals surface area contributed by atoms with Crippen molar-refractivity contribution in [2.24, 2.45) is 0 Å². The number of aromatic hydroxyl groups is 1. The average molecular weight is 400 g/mol. The van der Waals surface area contributed by atoms with Crippen LogP contribution in [0.25, 0.3) is 11.0 Å². The lowest BCUT2D eigenvalue weighted by Crippen LogP contribution is -2.27. The van der Waals surface area contributed by atoms with Crippen LogP contribution in [0.4, 0.5) is 5.69 Å². The fourth-order valence-electron chi connectivity index (χ4n) is 3.31. The molecule has 2 N–H and O–H groups in total. The van der Waals surface area contributed by atoms with Crippen molar-refractivity contribution in [3.05, 3.63) is 53.8 Å². The lowest BCUT2D eigenvalue weighted by atomic mass is 10.2. The lowest BCUT2D eigenvalue weighted by Gasteiger charge is -2.16. The number of nitrogens with one attached hydrogen (secondary N) is 1. The maximum absolute atomic E-state index is 12.7. The van der Waals surface area contributed by atoms with Gasteiger partial charge in [-0.25, -0.2) is 8.42 Å². The number of hydrogen-bond donors (Lipinski definition) is 2. The fourth-order valence-corrected chi connectivity index (χ4v) is 4.86. The number of rotatable bonds is 4. The Labute approximate surface area is 162 Å². The van der Waals surface area contributed by atoms with Gasteiger partial charge >= 0.3 is 0 Å². The predicted molar refractivity (Wildman–Crippen MR) is 105 cm³/mol. The lowest BCUT2D eigenvalue weighted by molar-refractivity contribution is 0.0998. The largest absolute Gasteiger partial charge is 0.506 e. The first-order chi connectivity index (χ1) is 13.3. The molecule has 0 aliphatic carbocycles. The Bertz CT molecular complexity index is 1160. The quantitative estimate of drug-likeness (QED) is 0.653. The summed E-state index contributed by atoms with van der Waals surface area (Å²) < 4.78 is 32.4. The van der Waals surface area contributed by atoms with Gasteiger partial charge in [0.25, 0.3) is 5.91 Å². The van der Waals surface area contributed by atoms with Crippen molar-refractivity contribution in [3.63, 3.8) is 0 Å². The molecule has 2 heterocycles. The van der Waals surface area contributed by atoms with E-state index in [0.29, 0.717) is 18.7 Å². The number of hydrogen-bond acceptors (Lipinski definition) is 5. The molecule has 1 saturated heterocycles. The highest BCUT2D eigenvalue weighted by Crippen LogP contribution is 2.30. The minimum absolute atomic E-state index is 0.0157. The van der Waals surface area contributed by atoms with Crippen molar-refractivity contribution in [1.82, 2.24) is 4.31 Å². The highest BCUT2D eigenvalue weighted by atomic mass is 32.2. The number of fused-ring (bicyclic) bond motifs is 1. The van der Waals surface area contributed by atoms with Crippen molar-refractivity contribution < 1.29 is 22.7 Å². The molecule has 1 fully saturated rings. The van der Waals surface area contributed by atoms with Gasteiger partial charge in [-0.3, -0.25) is 4.79 Å². The van der Waals surface area contributed by atoms with Gasteiger partial charge in [0.1, 0.15) is 11.3 Å². The zero-order chi connectivity index (χ0) is 19.9. The fraction of sp³-hybridized carbons (Fsp3) is 0.250. The molecule has 4 rings (SSSR count). The van der Waals surface area contributed by atoms with Gasteiger partial charge in [-0.05, 0) is 56.2 Å². The third-order valence-corrected chi connectivity index (χ3v) is 6.71. The molecule has 0 saturated carbocycles. The van der Waals surface area contributed by atoms with E-state index in [1.165, 1.54) is 22.5 Å². The van der Waals surface area contributed by atoms with Crippen LogP contribution in [0.5, 0.6) is 5.75 Å². The van der Waals surface area contributed by atoms with E-state index in [1.807, 2.05) is 19.1 Å². The Morgan fingerprint density at radius 2 is 1.86 bits per heavy atom. The summed E-state index contributed by atoms with van der Waals surface area (Å²) in [4.78, 5) is 12.6. The van der Waals surface area contributed by atoms with Crippen LogP contribution in [0.2, 0.25) is 0 Å². The number of carbonyl (C=O) groups excluding carboxylic acids is 1. The van der Waals surface area contributed by atoms with Crippen molar-refractivity contribution in [1.29, 1.82) is 0 Å². The van der Waals surface area contributed by atoms with Crippen LogP contribution >= 0.6 is 0 Å². The number of furan rings is 1. The van der Waals surface area contributed by atoms with E-state index in [0.717, 1.165) is 23.8 Å². The maximum Gasteiger partial charge on any atom is 0.291 e. The van der Waals surface area contributed by atoms with E-state index in [-0.39, 0.29) is 22.1 Å². The van der Waals surface area contributed by atoms with E-state index in [9.17, 15) is 18.3 Å². The molecular formula is C20H20N2O5S. The highest BCUT2D eigenvalue weighted by Gasteiger charge is 2.28. The Morgan fingerprint density at radius 1 is 1.11 bits per heavy atom. The first-order valence-electron chi connectivity index (χ1n) is 8.99. The molecule has 0 bridgehead atoms. The van der Waals surface area contributed by atoms with E-state index in [4.69, 9.17) is 4.42 Å². The minimum atomic E-state index is -3.66. The van der Waals surface area contributed by atoms with E-state index >= 15 is 0 Å². The highest BCUT2D eigenvalue weighted by molar-refractivity contribution is 7.89. The predicted octanol–water partition coefficient (Wildman–Crippen LogP) is 3.48. The second kappa shape index (κ2) is 6.96. The Balaban J connectivity index is 1.62. The minimum Gasteiger partial charge on any atom is -0.506 e. The summed E-state index contributed by atoms with van der Waals surface area (Å²) in [5, 5.41) is 13.4. The molecule has 1 aliphatic rings. The standard InChI is InChI=1S/C20H20N2O5S/c1-13-4-7-18-14(10-13)11-19(27-18)20(24)21-16-12-15(5-6-17(16)23)28(25,26)22-8-2-3-9-22/h4-7,10-12,23H,2-3,8-9H2,1H3,(H,21,24). The van der Waals surface area contributed by atoms with Gasteiger partial charge < -0.3 is 14.8 Å². The molecule has 1 amide bonds. The number of phenols is 1. The summed E-state index contributed by atoms with van der Waals surface area (Å²) in [6.45, 7) is 2.89. The summed E-state index contributed by atoms with van der Waals surface area (Å²) in [6.07, 6.45) is 1.65. The van der Waals surface area contributed by atoms with Crippen LogP contribution in [-0.2, 0) is 10.0 Å². The van der Waals surface area contributed by atoms with Gasteiger partial charge in [-0.1, -0.05) is 11.6 Å². The second-order valence-corrected chi connectivity index (χ2v) is 8.83. The monoisotopic (exact) mass is 400 g/mol.